The second-order valence-electron chi connectivity index (χ2n) is 5.04. The SMILES string of the molecule is CC1COc2ccccc2C1Nc1c(F)cccc1Cl. The minimum atomic E-state index is -0.339. The Morgan fingerprint density at radius 1 is 1.20 bits per heavy atom. The lowest BCUT2D eigenvalue weighted by atomic mass is 9.92. The maximum atomic E-state index is 13.9. The van der Waals surface area contributed by atoms with E-state index in [2.05, 4.69) is 12.2 Å². The van der Waals surface area contributed by atoms with Crippen molar-refractivity contribution in [3.8, 4) is 5.75 Å². The van der Waals surface area contributed by atoms with Crippen LogP contribution in [0.5, 0.6) is 5.75 Å². The van der Waals surface area contributed by atoms with Crippen molar-refractivity contribution < 1.29 is 9.13 Å². The molecule has 1 heterocycles. The number of nitrogens with one attached hydrogen (secondary N) is 1. The molecule has 104 valence electrons. The molecule has 2 unspecified atom stereocenters. The summed E-state index contributed by atoms with van der Waals surface area (Å²) in [4.78, 5) is 0. The van der Waals surface area contributed by atoms with Gasteiger partial charge in [0.2, 0.25) is 0 Å². The molecule has 2 aromatic carbocycles. The Labute approximate surface area is 122 Å². The second-order valence-corrected chi connectivity index (χ2v) is 5.45. The summed E-state index contributed by atoms with van der Waals surface area (Å²) in [5, 5.41) is 3.63. The molecular formula is C16H15ClFNO. The Bertz CT molecular complexity index is 611. The number of hydrogen-bond acceptors (Lipinski definition) is 2. The third-order valence-electron chi connectivity index (χ3n) is 3.59. The largest absolute Gasteiger partial charge is 0.493 e. The summed E-state index contributed by atoms with van der Waals surface area (Å²) in [7, 11) is 0. The first-order valence-corrected chi connectivity index (χ1v) is 6.97. The van der Waals surface area contributed by atoms with Gasteiger partial charge in [0.25, 0.3) is 0 Å². The van der Waals surface area contributed by atoms with Crippen LogP contribution >= 0.6 is 11.6 Å². The molecule has 0 bridgehead atoms. The van der Waals surface area contributed by atoms with Crippen LogP contribution in [0.25, 0.3) is 0 Å². The Balaban J connectivity index is 1.98. The molecule has 4 heteroatoms. The minimum absolute atomic E-state index is 0.0191. The number of anilines is 1. The van der Waals surface area contributed by atoms with E-state index in [4.69, 9.17) is 16.3 Å². The molecule has 3 rings (SSSR count). The van der Waals surface area contributed by atoms with Gasteiger partial charge >= 0.3 is 0 Å². The highest BCUT2D eigenvalue weighted by Crippen LogP contribution is 2.39. The Morgan fingerprint density at radius 3 is 2.80 bits per heavy atom. The summed E-state index contributed by atoms with van der Waals surface area (Å²) in [5.74, 6) is 0.727. The summed E-state index contributed by atoms with van der Waals surface area (Å²) in [6.07, 6.45) is 0. The zero-order valence-corrected chi connectivity index (χ0v) is 11.8. The van der Waals surface area contributed by atoms with Crippen LogP contribution in [-0.2, 0) is 0 Å². The molecule has 1 N–H and O–H groups in total. The fourth-order valence-corrected chi connectivity index (χ4v) is 2.72. The van der Waals surface area contributed by atoms with E-state index in [1.54, 1.807) is 12.1 Å². The number of fused-ring (bicyclic) bond motifs is 1. The molecule has 0 saturated heterocycles. The van der Waals surface area contributed by atoms with E-state index in [1.165, 1.54) is 6.07 Å². The van der Waals surface area contributed by atoms with Crippen LogP contribution in [0.3, 0.4) is 0 Å². The Kier molecular flexibility index (Phi) is 3.53. The van der Waals surface area contributed by atoms with Crippen LogP contribution < -0.4 is 10.1 Å². The molecule has 20 heavy (non-hydrogen) atoms. The molecule has 2 aromatic rings. The lowest BCUT2D eigenvalue weighted by molar-refractivity contribution is 0.214. The van der Waals surface area contributed by atoms with Crippen LogP contribution in [-0.4, -0.2) is 6.61 Å². The molecule has 0 spiro atoms. The van der Waals surface area contributed by atoms with Crippen molar-refractivity contribution in [1.82, 2.24) is 0 Å². The van der Waals surface area contributed by atoms with Gasteiger partial charge in [0, 0.05) is 11.5 Å². The van der Waals surface area contributed by atoms with E-state index in [-0.39, 0.29) is 17.8 Å². The van der Waals surface area contributed by atoms with Gasteiger partial charge in [-0.2, -0.15) is 0 Å². The minimum Gasteiger partial charge on any atom is -0.493 e. The average molecular weight is 292 g/mol. The Morgan fingerprint density at radius 2 is 2.00 bits per heavy atom. The summed E-state index contributed by atoms with van der Waals surface area (Å²) in [6, 6.07) is 12.5. The summed E-state index contributed by atoms with van der Waals surface area (Å²) in [5.41, 5.74) is 1.38. The summed E-state index contributed by atoms with van der Waals surface area (Å²) in [6.45, 7) is 2.67. The van der Waals surface area contributed by atoms with E-state index >= 15 is 0 Å². The predicted octanol–water partition coefficient (Wildman–Crippen LogP) is 4.66. The number of rotatable bonds is 2. The third-order valence-corrected chi connectivity index (χ3v) is 3.90. The van der Waals surface area contributed by atoms with E-state index in [0.717, 1.165) is 11.3 Å². The van der Waals surface area contributed by atoms with E-state index in [1.807, 2.05) is 24.3 Å². The monoisotopic (exact) mass is 291 g/mol. The van der Waals surface area contributed by atoms with Crippen molar-refractivity contribution in [2.45, 2.75) is 13.0 Å². The second kappa shape index (κ2) is 5.33. The van der Waals surface area contributed by atoms with E-state index < -0.39 is 0 Å². The van der Waals surface area contributed by atoms with Crippen molar-refractivity contribution in [2.75, 3.05) is 11.9 Å². The van der Waals surface area contributed by atoms with Gasteiger partial charge in [0.15, 0.2) is 0 Å². The first kappa shape index (κ1) is 13.3. The molecule has 1 aliphatic rings. The molecular weight excluding hydrogens is 277 g/mol. The van der Waals surface area contributed by atoms with Gasteiger partial charge in [-0.1, -0.05) is 42.8 Å². The summed E-state index contributed by atoms with van der Waals surface area (Å²) < 4.78 is 19.6. The fraction of sp³-hybridized carbons (Fsp3) is 0.250. The number of hydrogen-bond donors (Lipinski definition) is 1. The van der Waals surface area contributed by atoms with Crippen molar-refractivity contribution in [3.63, 3.8) is 0 Å². The van der Waals surface area contributed by atoms with Crippen LogP contribution in [0.4, 0.5) is 10.1 Å². The smallest absolute Gasteiger partial charge is 0.147 e. The van der Waals surface area contributed by atoms with Gasteiger partial charge in [-0.25, -0.2) is 4.39 Å². The van der Waals surface area contributed by atoms with Crippen molar-refractivity contribution in [3.05, 3.63) is 58.9 Å². The molecule has 0 aromatic heterocycles. The standard InChI is InChI=1S/C16H15ClFNO/c1-10-9-20-14-8-3-2-5-11(14)15(10)19-16-12(17)6-4-7-13(16)18/h2-8,10,15,19H,9H2,1H3. The van der Waals surface area contributed by atoms with E-state index in [9.17, 15) is 4.39 Å². The quantitative estimate of drug-likeness (QED) is 0.869. The molecule has 0 amide bonds. The molecule has 0 radical (unpaired) electrons. The summed E-state index contributed by atoms with van der Waals surface area (Å²) >= 11 is 6.09. The van der Waals surface area contributed by atoms with Gasteiger partial charge in [0.05, 0.1) is 23.4 Å². The molecule has 2 nitrogen and oxygen atoms in total. The van der Waals surface area contributed by atoms with Gasteiger partial charge in [0.1, 0.15) is 11.6 Å². The first-order chi connectivity index (χ1) is 9.66. The normalized spacial score (nSPS) is 20.9. The highest BCUT2D eigenvalue weighted by atomic mass is 35.5. The maximum Gasteiger partial charge on any atom is 0.147 e. The number of para-hydroxylation sites is 2. The average Bonchev–Trinajstić information content (AvgIpc) is 2.45. The molecule has 2 atom stereocenters. The van der Waals surface area contributed by atoms with Crippen molar-refractivity contribution >= 4 is 17.3 Å². The number of ether oxygens (including phenoxy) is 1. The van der Waals surface area contributed by atoms with Crippen LogP contribution in [0, 0.1) is 11.7 Å². The molecule has 0 aliphatic carbocycles. The van der Waals surface area contributed by atoms with E-state index in [0.29, 0.717) is 17.3 Å². The highest BCUT2D eigenvalue weighted by Gasteiger charge is 2.28. The lowest BCUT2D eigenvalue weighted by Gasteiger charge is -2.33. The maximum absolute atomic E-state index is 13.9. The van der Waals surface area contributed by atoms with Crippen LogP contribution in [0.15, 0.2) is 42.5 Å². The first-order valence-electron chi connectivity index (χ1n) is 6.59. The Hall–Kier alpha value is -1.74. The topological polar surface area (TPSA) is 21.3 Å². The van der Waals surface area contributed by atoms with Crippen LogP contribution in [0.2, 0.25) is 5.02 Å². The lowest BCUT2D eigenvalue weighted by Crippen LogP contribution is -2.29. The van der Waals surface area contributed by atoms with Gasteiger partial charge in [-0.15, -0.1) is 0 Å². The highest BCUT2D eigenvalue weighted by molar-refractivity contribution is 6.33. The molecule has 0 fully saturated rings. The number of benzene rings is 2. The molecule has 0 saturated carbocycles. The third kappa shape index (κ3) is 2.34. The van der Waals surface area contributed by atoms with Gasteiger partial charge in [-0.05, 0) is 18.2 Å². The fourth-order valence-electron chi connectivity index (χ4n) is 2.50. The van der Waals surface area contributed by atoms with Gasteiger partial charge in [-0.3, -0.25) is 0 Å². The zero-order chi connectivity index (χ0) is 14.1. The predicted molar refractivity (Wildman–Crippen MR) is 78.9 cm³/mol. The zero-order valence-electron chi connectivity index (χ0n) is 11.1. The molecule has 1 aliphatic heterocycles. The van der Waals surface area contributed by atoms with Crippen LogP contribution in [0.1, 0.15) is 18.5 Å². The van der Waals surface area contributed by atoms with Crippen molar-refractivity contribution in [2.24, 2.45) is 5.92 Å². The number of halogens is 2. The van der Waals surface area contributed by atoms with Gasteiger partial charge < -0.3 is 10.1 Å². The van der Waals surface area contributed by atoms with Crippen molar-refractivity contribution in [1.29, 1.82) is 0 Å².